The summed E-state index contributed by atoms with van der Waals surface area (Å²) in [6, 6.07) is 0. The first-order chi connectivity index (χ1) is 19.7. The zero-order valence-electron chi connectivity index (χ0n) is 27.6. The summed E-state index contributed by atoms with van der Waals surface area (Å²) in [7, 11) is 0. The van der Waals surface area contributed by atoms with Gasteiger partial charge in [-0.05, 0) is 39.0 Å². The third-order valence-corrected chi connectivity index (χ3v) is 8.17. The number of rotatable bonds is 26. The summed E-state index contributed by atoms with van der Waals surface area (Å²) in [5, 5.41) is 0. The van der Waals surface area contributed by atoms with E-state index in [1.165, 1.54) is 161 Å². The molecule has 0 radical (unpaired) electrons. The summed E-state index contributed by atoms with van der Waals surface area (Å²) in [6.45, 7) is 13.6. The average molecular weight is 559 g/mol. The van der Waals surface area contributed by atoms with E-state index in [4.69, 9.17) is 0 Å². The van der Waals surface area contributed by atoms with Crippen LogP contribution >= 0.6 is 0 Å². The van der Waals surface area contributed by atoms with Gasteiger partial charge in [-0.1, -0.05) is 130 Å². The van der Waals surface area contributed by atoms with E-state index in [2.05, 4.69) is 83.4 Å². The van der Waals surface area contributed by atoms with Crippen molar-refractivity contribution in [3.63, 3.8) is 0 Å². The maximum absolute atomic E-state index is 2.35. The van der Waals surface area contributed by atoms with Gasteiger partial charge in [0.2, 0.25) is 12.7 Å². The molecular weight excluding hydrogens is 488 g/mol. The van der Waals surface area contributed by atoms with Crippen molar-refractivity contribution in [1.82, 2.24) is 9.13 Å². The molecule has 0 amide bonds. The summed E-state index contributed by atoms with van der Waals surface area (Å²) >= 11 is 0. The van der Waals surface area contributed by atoms with Crippen LogP contribution in [0.5, 0.6) is 0 Å². The van der Waals surface area contributed by atoms with Crippen LogP contribution in [0, 0.1) is 0 Å². The molecule has 4 nitrogen and oxygen atoms in total. The molecule has 0 aliphatic carbocycles. The second-order valence-electron chi connectivity index (χ2n) is 12.1. The molecule has 0 unspecified atom stereocenters. The first kappa shape index (κ1) is 36.4. The van der Waals surface area contributed by atoms with Gasteiger partial charge in [-0.25, -0.2) is 18.3 Å². The number of unbranched alkanes of at least 4 members (excludes halogenated alkanes) is 19. The van der Waals surface area contributed by atoms with E-state index in [1.54, 1.807) is 0 Å². The smallest absolute Gasteiger partial charge is 0.237 e. The lowest BCUT2D eigenvalue weighted by Gasteiger charge is -2.01. The monoisotopic (exact) mass is 559 g/mol. The van der Waals surface area contributed by atoms with Gasteiger partial charge in [-0.15, -0.1) is 0 Å². The van der Waals surface area contributed by atoms with E-state index in [9.17, 15) is 0 Å². The van der Waals surface area contributed by atoms with Crippen LogP contribution in [0.1, 0.15) is 169 Å². The van der Waals surface area contributed by atoms with Crippen LogP contribution in [0.2, 0.25) is 0 Å². The SMILES string of the molecule is CCCCCCCCCCCC[n+]1ccn(CC)c1.CCCCCCCCCCCC[n+]1ccn(CCCC)c1. The van der Waals surface area contributed by atoms with Gasteiger partial charge in [0.1, 0.15) is 24.8 Å². The molecule has 232 valence electrons. The van der Waals surface area contributed by atoms with Crippen LogP contribution in [-0.2, 0) is 26.2 Å². The molecule has 0 aromatic carbocycles. The minimum Gasteiger partial charge on any atom is -0.237 e. The third kappa shape index (κ3) is 21.2. The summed E-state index contributed by atoms with van der Waals surface area (Å²) in [5.74, 6) is 0. The van der Waals surface area contributed by atoms with E-state index < -0.39 is 0 Å². The Hall–Kier alpha value is -1.58. The maximum Gasteiger partial charge on any atom is 0.243 e. The Labute approximate surface area is 250 Å². The number of aromatic nitrogens is 4. The molecular formula is C36H70N4+2. The van der Waals surface area contributed by atoms with Crippen LogP contribution in [0.25, 0.3) is 0 Å². The first-order valence-electron chi connectivity index (χ1n) is 17.8. The van der Waals surface area contributed by atoms with Crippen LogP contribution < -0.4 is 9.13 Å². The van der Waals surface area contributed by atoms with Gasteiger partial charge >= 0.3 is 0 Å². The van der Waals surface area contributed by atoms with Crippen LogP contribution in [0.15, 0.2) is 37.4 Å². The standard InChI is InChI=1S/C19H37N2.C17H33N2/c1-3-5-7-8-9-10-11-12-13-14-16-21-18-17-20(19-21)15-6-4-2;1-3-5-6-7-8-9-10-11-12-13-14-19-16-15-18(4-2)17-19/h17-19H,3-16H2,1-2H3;15-17H,3-14H2,1-2H3/q2*+1. The van der Waals surface area contributed by atoms with Crippen LogP contribution in [0.3, 0.4) is 0 Å². The Balaban J connectivity index is 0.000000402. The number of aryl methyl sites for hydroxylation is 4. The Bertz CT molecular complexity index is 762. The normalized spacial score (nSPS) is 11.1. The third-order valence-electron chi connectivity index (χ3n) is 8.17. The van der Waals surface area contributed by atoms with Crippen molar-refractivity contribution in [3.05, 3.63) is 37.4 Å². The second kappa shape index (κ2) is 27.6. The van der Waals surface area contributed by atoms with Crippen LogP contribution in [-0.4, -0.2) is 9.13 Å². The van der Waals surface area contributed by atoms with Gasteiger partial charge in [0.25, 0.3) is 0 Å². The zero-order valence-corrected chi connectivity index (χ0v) is 27.6. The van der Waals surface area contributed by atoms with E-state index in [-0.39, 0.29) is 0 Å². The summed E-state index contributed by atoms with van der Waals surface area (Å²) in [5.41, 5.74) is 0. The van der Waals surface area contributed by atoms with Crippen molar-refractivity contribution in [1.29, 1.82) is 0 Å². The van der Waals surface area contributed by atoms with Crippen molar-refractivity contribution in [2.24, 2.45) is 0 Å². The molecule has 0 aliphatic heterocycles. The highest BCUT2D eigenvalue weighted by atomic mass is 15.1. The molecule has 2 heterocycles. The maximum atomic E-state index is 2.35. The number of imidazole rings is 2. The molecule has 2 aromatic heterocycles. The topological polar surface area (TPSA) is 17.6 Å². The predicted octanol–water partition coefficient (Wildman–Crippen LogP) is 10.2. The summed E-state index contributed by atoms with van der Waals surface area (Å²) in [6.07, 6.45) is 44.2. The molecule has 0 aliphatic rings. The quantitative estimate of drug-likeness (QED) is 0.0807. The largest absolute Gasteiger partial charge is 0.243 e. The Kier molecular flexibility index (Phi) is 25.1. The lowest BCUT2D eigenvalue weighted by Crippen LogP contribution is -2.30. The molecule has 2 aromatic rings. The highest BCUT2D eigenvalue weighted by Gasteiger charge is 2.03. The molecule has 0 bridgehead atoms. The molecule has 4 heteroatoms. The Morgan fingerprint density at radius 1 is 0.400 bits per heavy atom. The fourth-order valence-electron chi connectivity index (χ4n) is 5.37. The van der Waals surface area contributed by atoms with Crippen molar-refractivity contribution >= 4 is 0 Å². The molecule has 0 atom stereocenters. The number of hydrogen-bond acceptors (Lipinski definition) is 0. The zero-order chi connectivity index (χ0) is 28.9. The fraction of sp³-hybridized carbons (Fsp3) is 0.833. The molecule has 40 heavy (non-hydrogen) atoms. The summed E-state index contributed by atoms with van der Waals surface area (Å²) in [4.78, 5) is 0. The van der Waals surface area contributed by atoms with Crippen molar-refractivity contribution in [3.8, 4) is 0 Å². The molecule has 0 N–H and O–H groups in total. The molecule has 0 fully saturated rings. The summed E-state index contributed by atoms with van der Waals surface area (Å²) < 4.78 is 9.21. The predicted molar refractivity (Wildman–Crippen MR) is 174 cm³/mol. The fourth-order valence-corrected chi connectivity index (χ4v) is 5.37. The van der Waals surface area contributed by atoms with Gasteiger partial charge < -0.3 is 0 Å². The van der Waals surface area contributed by atoms with E-state index in [0.717, 1.165) is 6.54 Å². The van der Waals surface area contributed by atoms with Gasteiger partial charge in [0.05, 0.1) is 26.2 Å². The van der Waals surface area contributed by atoms with E-state index >= 15 is 0 Å². The minimum atomic E-state index is 1.07. The van der Waals surface area contributed by atoms with Crippen molar-refractivity contribution in [2.75, 3.05) is 0 Å². The average Bonchev–Trinajstić information content (AvgIpc) is 3.63. The number of nitrogens with zero attached hydrogens (tertiary/aromatic N) is 4. The molecule has 0 saturated carbocycles. The van der Waals surface area contributed by atoms with E-state index in [1.807, 2.05) is 0 Å². The van der Waals surface area contributed by atoms with E-state index in [0.29, 0.717) is 0 Å². The van der Waals surface area contributed by atoms with Crippen molar-refractivity contribution in [2.45, 2.75) is 195 Å². The Morgan fingerprint density at radius 2 is 0.750 bits per heavy atom. The first-order valence-corrected chi connectivity index (χ1v) is 17.8. The van der Waals surface area contributed by atoms with Gasteiger partial charge in [0, 0.05) is 0 Å². The molecule has 0 spiro atoms. The highest BCUT2D eigenvalue weighted by molar-refractivity contribution is 4.66. The second-order valence-corrected chi connectivity index (χ2v) is 12.1. The molecule has 2 rings (SSSR count). The van der Waals surface area contributed by atoms with Gasteiger partial charge in [0.15, 0.2) is 0 Å². The lowest BCUT2D eigenvalue weighted by molar-refractivity contribution is -0.697. The lowest BCUT2D eigenvalue weighted by atomic mass is 10.1. The number of hydrogen-bond donors (Lipinski definition) is 0. The Morgan fingerprint density at radius 3 is 1.12 bits per heavy atom. The van der Waals surface area contributed by atoms with Gasteiger partial charge in [-0.2, -0.15) is 0 Å². The highest BCUT2D eigenvalue weighted by Crippen LogP contribution is 2.11. The molecule has 0 saturated heterocycles. The van der Waals surface area contributed by atoms with Crippen molar-refractivity contribution < 1.29 is 9.13 Å². The van der Waals surface area contributed by atoms with Gasteiger partial charge in [-0.3, -0.25) is 0 Å². The minimum absolute atomic E-state index is 1.07. The van der Waals surface area contributed by atoms with Crippen LogP contribution in [0.4, 0.5) is 0 Å².